The van der Waals surface area contributed by atoms with Crippen LogP contribution in [0.1, 0.15) is 5.56 Å². The van der Waals surface area contributed by atoms with E-state index in [1.807, 2.05) is 30.3 Å². The summed E-state index contributed by atoms with van der Waals surface area (Å²) >= 11 is 0. The first-order chi connectivity index (χ1) is 4.97. The molecule has 0 aliphatic carbocycles. The molecule has 4 heteroatoms. The van der Waals surface area contributed by atoms with Gasteiger partial charge in [-0.25, -0.2) is 0 Å². The summed E-state index contributed by atoms with van der Waals surface area (Å²) in [6, 6.07) is 8.03. The number of hydrogen-bond acceptors (Lipinski definition) is 1. The van der Waals surface area contributed by atoms with E-state index in [9.17, 15) is 0 Å². The molecule has 0 N–H and O–H groups in total. The molecule has 1 aromatic carbocycles. The summed E-state index contributed by atoms with van der Waals surface area (Å²) in [6.07, 6.45) is 4.10. The van der Waals surface area contributed by atoms with Crippen LogP contribution in [0.15, 0.2) is 30.3 Å². The summed E-state index contributed by atoms with van der Waals surface area (Å²) < 4.78 is 5.34. The maximum atomic E-state index is 5.34. The Hall–Kier alpha value is 0.435. The summed E-state index contributed by atoms with van der Waals surface area (Å²) in [4.78, 5) is 0. The molecule has 0 saturated carbocycles. The normalized spacial score (nSPS) is 10.8. The van der Waals surface area contributed by atoms with Gasteiger partial charge in [0.15, 0.2) is 17.4 Å². The summed E-state index contributed by atoms with van der Waals surface area (Å²) in [6.45, 7) is 0.705. The number of hydrogen-bond donors (Lipinski definition) is 0. The molecular weight excluding hydrogens is 271 g/mol. The van der Waals surface area contributed by atoms with Crippen LogP contribution in [-0.2, 0) is 36.5 Å². The molecule has 0 spiro atoms. The fourth-order valence-corrected chi connectivity index (χ4v) is 1.06. The van der Waals surface area contributed by atoms with Gasteiger partial charge in [0.05, 0.1) is 0 Å². The first-order valence-corrected chi connectivity index (χ1v) is 3.35. The molecule has 0 aromatic heterocycles. The minimum Gasteiger partial charge on any atom is -0.489 e. The van der Waals surface area contributed by atoms with E-state index in [4.69, 9.17) is 4.74 Å². The topological polar surface area (TPSA) is 9.23 Å². The minimum absolute atomic E-state index is 0. The molecule has 1 aliphatic rings. The largest absolute Gasteiger partial charge is 0.489 e. The zero-order valence-electron chi connectivity index (χ0n) is 6.66. The summed E-state index contributed by atoms with van der Waals surface area (Å²) in [5, 5.41) is 0. The molecule has 2 rings (SSSR count). The van der Waals surface area contributed by atoms with E-state index in [1.54, 1.807) is 0 Å². The number of benzene rings is 1. The molecule has 65 valence electrons. The average Bonchev–Trinajstić information content (AvgIpc) is 2.05. The van der Waals surface area contributed by atoms with Crippen LogP contribution in [0.25, 0.3) is 6.08 Å². The van der Waals surface area contributed by atoms with E-state index >= 15 is 0 Å². The molecule has 0 saturated heterocycles. The van der Waals surface area contributed by atoms with Crippen LogP contribution in [-0.4, -0.2) is 24.0 Å². The van der Waals surface area contributed by atoms with Gasteiger partial charge in [0.2, 0.25) is 0 Å². The molecule has 0 unspecified atom stereocenters. The van der Waals surface area contributed by atoms with Crippen molar-refractivity contribution in [2.75, 3.05) is 6.61 Å². The molecule has 1 radical (unpaired) electrons. The van der Waals surface area contributed by atoms with Crippen LogP contribution in [0.2, 0.25) is 0 Å². The fraction of sp³-hybridized carbons (Fsp3) is 0.111. The third-order valence-electron chi connectivity index (χ3n) is 1.55. The van der Waals surface area contributed by atoms with E-state index < -0.39 is 0 Å². The van der Waals surface area contributed by atoms with Crippen molar-refractivity contribution in [2.24, 2.45) is 0 Å². The molecule has 1 aliphatic heterocycles. The smallest absolute Gasteiger partial charge is 0.187 e. The Bertz CT molecular complexity index is 278. The standard InChI is InChI=1S/C9H8O.Al.Mn.Zn.3H/c1-2-6-9-8(4-1)5-3-7-10-9;;;;;;/h1-6H,7H2;;;;;;. The average molecular weight is 282 g/mol. The van der Waals surface area contributed by atoms with E-state index in [0.717, 1.165) is 5.75 Å². The number of ether oxygens (including phenoxy) is 1. The van der Waals surface area contributed by atoms with Crippen molar-refractivity contribution in [3.05, 3.63) is 35.9 Å². The van der Waals surface area contributed by atoms with Gasteiger partial charge in [0, 0.05) is 42.1 Å². The summed E-state index contributed by atoms with van der Waals surface area (Å²) in [5.41, 5.74) is 1.17. The van der Waals surface area contributed by atoms with Gasteiger partial charge in [-0.15, -0.1) is 0 Å². The molecule has 1 nitrogen and oxygen atoms in total. The van der Waals surface area contributed by atoms with Crippen LogP contribution in [0.4, 0.5) is 0 Å². The molecule has 1 aromatic rings. The third-order valence-corrected chi connectivity index (χ3v) is 1.55. The maximum absolute atomic E-state index is 5.34. The SMILES string of the molecule is C1=Cc2ccccc2OC1.[AlH3].[Mn].[Zn]. The van der Waals surface area contributed by atoms with Gasteiger partial charge in [-0.05, 0) is 12.1 Å². The third kappa shape index (κ3) is 3.98. The first-order valence-electron chi connectivity index (χ1n) is 3.35. The van der Waals surface area contributed by atoms with Crippen molar-refractivity contribution in [3.8, 4) is 5.75 Å². The van der Waals surface area contributed by atoms with Crippen molar-refractivity contribution in [2.45, 2.75) is 0 Å². The second-order valence-electron chi connectivity index (χ2n) is 2.25. The van der Waals surface area contributed by atoms with Gasteiger partial charge >= 0.3 is 0 Å². The molecule has 1 heterocycles. The monoisotopic (exact) mass is 281 g/mol. The van der Waals surface area contributed by atoms with Gasteiger partial charge in [-0.2, -0.15) is 0 Å². The Morgan fingerprint density at radius 2 is 1.85 bits per heavy atom. The maximum Gasteiger partial charge on any atom is 0.187 e. The van der Waals surface area contributed by atoms with Crippen LogP contribution in [0.5, 0.6) is 5.75 Å². The van der Waals surface area contributed by atoms with Crippen molar-refractivity contribution < 1.29 is 41.3 Å². The van der Waals surface area contributed by atoms with E-state index in [2.05, 4.69) is 6.08 Å². The molecule has 0 amide bonds. The zero-order valence-corrected chi connectivity index (χ0v) is 10.8. The van der Waals surface area contributed by atoms with Crippen molar-refractivity contribution in [3.63, 3.8) is 0 Å². The number of fused-ring (bicyclic) bond motifs is 1. The van der Waals surface area contributed by atoms with E-state index in [-0.39, 0.29) is 53.9 Å². The van der Waals surface area contributed by atoms with Gasteiger partial charge in [-0.3, -0.25) is 0 Å². The van der Waals surface area contributed by atoms with Crippen LogP contribution >= 0.6 is 0 Å². The first kappa shape index (κ1) is 15.9. The van der Waals surface area contributed by atoms with Crippen LogP contribution < -0.4 is 4.74 Å². The molecule has 0 fully saturated rings. The fourth-order valence-electron chi connectivity index (χ4n) is 1.06. The second kappa shape index (κ2) is 7.80. The van der Waals surface area contributed by atoms with Gasteiger partial charge < -0.3 is 4.74 Å². The Kier molecular flexibility index (Phi) is 9.54. The van der Waals surface area contributed by atoms with Crippen LogP contribution in [0, 0.1) is 0 Å². The summed E-state index contributed by atoms with van der Waals surface area (Å²) in [5.74, 6) is 0.991. The molecule has 0 atom stereocenters. The molecule has 0 bridgehead atoms. The van der Waals surface area contributed by atoms with Crippen molar-refractivity contribution in [1.29, 1.82) is 0 Å². The van der Waals surface area contributed by atoms with E-state index in [0.29, 0.717) is 6.61 Å². The van der Waals surface area contributed by atoms with Gasteiger partial charge in [0.25, 0.3) is 0 Å². The molecular formula is C9H11AlMnOZn. The minimum atomic E-state index is 0. The molecule has 13 heavy (non-hydrogen) atoms. The Labute approximate surface area is 112 Å². The number of rotatable bonds is 0. The Morgan fingerprint density at radius 3 is 2.54 bits per heavy atom. The van der Waals surface area contributed by atoms with Crippen molar-refractivity contribution >= 4 is 23.4 Å². The summed E-state index contributed by atoms with van der Waals surface area (Å²) in [7, 11) is 0. The predicted molar refractivity (Wildman–Crippen MR) is 50.9 cm³/mol. The Balaban J connectivity index is 0. The predicted octanol–water partition coefficient (Wildman–Crippen LogP) is 0.903. The Morgan fingerprint density at radius 1 is 1.15 bits per heavy atom. The second-order valence-corrected chi connectivity index (χ2v) is 2.25. The van der Waals surface area contributed by atoms with Crippen molar-refractivity contribution in [1.82, 2.24) is 0 Å². The number of para-hydroxylation sites is 1. The van der Waals surface area contributed by atoms with Gasteiger partial charge in [-0.1, -0.05) is 24.3 Å². The van der Waals surface area contributed by atoms with E-state index in [1.165, 1.54) is 5.56 Å². The zero-order chi connectivity index (χ0) is 6.81. The van der Waals surface area contributed by atoms with Crippen LogP contribution in [0.3, 0.4) is 0 Å². The quantitative estimate of drug-likeness (QED) is 0.643. The van der Waals surface area contributed by atoms with Gasteiger partial charge in [0.1, 0.15) is 12.4 Å².